The second-order valence-electron chi connectivity index (χ2n) is 7.99. The molecule has 0 bridgehead atoms. The largest absolute Gasteiger partial charge is 0.325 e. The third-order valence-corrected chi connectivity index (χ3v) is 6.23. The first-order valence-electron chi connectivity index (χ1n) is 10.4. The van der Waals surface area contributed by atoms with Gasteiger partial charge in [-0.2, -0.15) is 0 Å². The van der Waals surface area contributed by atoms with Crippen LogP contribution in [0.25, 0.3) is 33.8 Å². The lowest BCUT2D eigenvalue weighted by molar-refractivity contribution is -0.120. The number of carbonyl (C=O) groups is 1. The van der Waals surface area contributed by atoms with Crippen LogP contribution in [0.3, 0.4) is 0 Å². The Hall–Kier alpha value is -3.68. The highest BCUT2D eigenvalue weighted by Gasteiger charge is 2.41. The monoisotopic (exact) mass is 413 g/mol. The van der Waals surface area contributed by atoms with E-state index in [1.54, 1.807) is 18.7 Å². The van der Waals surface area contributed by atoms with Crippen LogP contribution < -0.4 is 5.32 Å². The molecule has 0 unspecified atom stereocenters. The van der Waals surface area contributed by atoms with Crippen molar-refractivity contribution in [2.75, 3.05) is 5.32 Å². The number of carbonyl (C=O) groups excluding carboxylic acids is 1. The van der Waals surface area contributed by atoms with Gasteiger partial charge < -0.3 is 9.88 Å². The van der Waals surface area contributed by atoms with Crippen LogP contribution in [-0.4, -0.2) is 35.4 Å². The fraction of sp³-hybridized carbons (Fsp3) is 0.304. The topological polar surface area (TPSA) is 98.5 Å². The number of amides is 1. The quantitative estimate of drug-likeness (QED) is 0.545. The van der Waals surface area contributed by atoms with Gasteiger partial charge in [-0.15, -0.1) is 0 Å². The van der Waals surface area contributed by atoms with Crippen LogP contribution in [-0.2, 0) is 16.8 Å². The summed E-state index contributed by atoms with van der Waals surface area (Å²) >= 11 is 0. The van der Waals surface area contributed by atoms with E-state index in [0.717, 1.165) is 51.5 Å². The fourth-order valence-corrected chi connectivity index (χ4v) is 4.17. The lowest BCUT2D eigenvalue weighted by Crippen LogP contribution is -2.29. The van der Waals surface area contributed by atoms with E-state index in [-0.39, 0.29) is 5.91 Å². The van der Waals surface area contributed by atoms with Crippen LogP contribution >= 0.6 is 0 Å². The zero-order chi connectivity index (χ0) is 21.8. The van der Waals surface area contributed by atoms with Gasteiger partial charge in [-0.3, -0.25) is 4.79 Å². The van der Waals surface area contributed by atoms with Crippen molar-refractivity contribution in [2.24, 2.45) is 0 Å². The highest BCUT2D eigenvalue weighted by Crippen LogP contribution is 2.42. The van der Waals surface area contributed by atoms with Gasteiger partial charge in [0.15, 0.2) is 5.65 Å². The molecule has 0 aliphatic carbocycles. The molecule has 31 heavy (non-hydrogen) atoms. The fourth-order valence-electron chi connectivity index (χ4n) is 4.17. The van der Waals surface area contributed by atoms with Crippen LogP contribution in [0, 0.1) is 6.92 Å². The summed E-state index contributed by atoms with van der Waals surface area (Å²) in [6.07, 6.45) is 5.84. The zero-order valence-corrected chi connectivity index (χ0v) is 18.0. The van der Waals surface area contributed by atoms with Gasteiger partial charge in [-0.25, -0.2) is 24.9 Å². The first-order valence-corrected chi connectivity index (χ1v) is 10.4. The minimum Gasteiger partial charge on any atom is -0.325 e. The normalized spacial score (nSPS) is 17.7. The standard InChI is InChI=1S/C23H23N7O/c1-5-23(4)16-9-14(7-8-17(16)28-22(23)31)18-19-21(27-12-26-18)30(6-2)20(29-19)15-10-24-13(3)25-11-15/h7-12H,5-6H2,1-4H3,(H,28,31)/t23-/m1/s1. The molecular formula is C23H23N7O. The van der Waals surface area contributed by atoms with E-state index in [9.17, 15) is 4.79 Å². The maximum atomic E-state index is 12.5. The molecule has 1 N–H and O–H groups in total. The van der Waals surface area contributed by atoms with Crippen molar-refractivity contribution in [1.29, 1.82) is 0 Å². The molecule has 0 saturated carbocycles. The lowest BCUT2D eigenvalue weighted by Gasteiger charge is -2.20. The zero-order valence-electron chi connectivity index (χ0n) is 18.0. The smallest absolute Gasteiger partial charge is 0.234 e. The number of aromatic nitrogens is 6. The van der Waals surface area contributed by atoms with E-state index >= 15 is 0 Å². The molecule has 156 valence electrons. The third-order valence-electron chi connectivity index (χ3n) is 6.23. The second-order valence-corrected chi connectivity index (χ2v) is 7.99. The van der Waals surface area contributed by atoms with E-state index in [1.165, 1.54) is 0 Å². The van der Waals surface area contributed by atoms with Crippen LogP contribution in [0.2, 0.25) is 0 Å². The van der Waals surface area contributed by atoms with Gasteiger partial charge in [0.2, 0.25) is 5.91 Å². The summed E-state index contributed by atoms with van der Waals surface area (Å²) in [5.41, 5.74) is 5.27. The molecule has 0 radical (unpaired) electrons. The average Bonchev–Trinajstić information content (AvgIpc) is 3.29. The van der Waals surface area contributed by atoms with Crippen LogP contribution in [0.15, 0.2) is 36.9 Å². The molecule has 0 spiro atoms. The molecule has 4 aromatic rings. The molecule has 0 saturated heterocycles. The van der Waals surface area contributed by atoms with E-state index in [2.05, 4.69) is 38.2 Å². The number of nitrogens with one attached hydrogen (secondary N) is 1. The number of rotatable bonds is 4. The molecule has 1 aromatic carbocycles. The number of hydrogen-bond donors (Lipinski definition) is 1. The van der Waals surface area contributed by atoms with Gasteiger partial charge in [-0.1, -0.05) is 13.0 Å². The number of benzene rings is 1. The number of hydrogen-bond acceptors (Lipinski definition) is 6. The highest BCUT2D eigenvalue weighted by molar-refractivity contribution is 6.06. The SMILES string of the molecule is CCn1c(-c2cnc(C)nc2)nc2c(-c3ccc4c(c3)[C@@](C)(CC)C(=O)N4)ncnc21. The number of nitrogens with zero attached hydrogens (tertiary/aromatic N) is 6. The molecule has 1 aliphatic heterocycles. The molecule has 4 heterocycles. The first-order chi connectivity index (χ1) is 15.0. The van der Waals surface area contributed by atoms with Gasteiger partial charge >= 0.3 is 0 Å². The van der Waals surface area contributed by atoms with Gasteiger partial charge in [0.05, 0.1) is 11.0 Å². The third kappa shape index (κ3) is 2.82. The van der Waals surface area contributed by atoms with Crippen molar-refractivity contribution in [3.63, 3.8) is 0 Å². The van der Waals surface area contributed by atoms with Gasteiger partial charge in [0.25, 0.3) is 0 Å². The Labute approximate surface area is 179 Å². The molecule has 5 rings (SSSR count). The Morgan fingerprint density at radius 2 is 1.84 bits per heavy atom. The maximum Gasteiger partial charge on any atom is 0.234 e. The number of fused-ring (bicyclic) bond motifs is 2. The summed E-state index contributed by atoms with van der Waals surface area (Å²) < 4.78 is 2.04. The maximum absolute atomic E-state index is 12.5. The molecule has 3 aromatic heterocycles. The van der Waals surface area contributed by atoms with E-state index < -0.39 is 5.41 Å². The van der Waals surface area contributed by atoms with Crippen LogP contribution in [0.5, 0.6) is 0 Å². The number of imidazole rings is 1. The number of aryl methyl sites for hydroxylation is 2. The number of anilines is 1. The molecule has 8 nitrogen and oxygen atoms in total. The Kier molecular flexibility index (Phi) is 4.32. The second kappa shape index (κ2) is 6.94. The molecular weight excluding hydrogens is 390 g/mol. The lowest BCUT2D eigenvalue weighted by atomic mass is 9.80. The van der Waals surface area contributed by atoms with Gasteiger partial charge in [0.1, 0.15) is 29.2 Å². The van der Waals surface area contributed by atoms with Crippen molar-refractivity contribution >= 4 is 22.8 Å². The summed E-state index contributed by atoms with van der Waals surface area (Å²) in [6.45, 7) is 8.62. The Morgan fingerprint density at radius 3 is 2.55 bits per heavy atom. The summed E-state index contributed by atoms with van der Waals surface area (Å²) in [7, 11) is 0. The Bertz CT molecular complexity index is 1330. The van der Waals surface area contributed by atoms with Crippen molar-refractivity contribution in [3.05, 3.63) is 48.3 Å². The van der Waals surface area contributed by atoms with E-state index in [4.69, 9.17) is 4.98 Å². The molecule has 1 aliphatic rings. The summed E-state index contributed by atoms with van der Waals surface area (Å²) in [4.78, 5) is 35.2. The predicted octanol–water partition coefficient (Wildman–Crippen LogP) is 3.90. The first kappa shape index (κ1) is 19.3. The van der Waals surface area contributed by atoms with Crippen molar-refractivity contribution in [1.82, 2.24) is 29.5 Å². The molecule has 1 amide bonds. The van der Waals surface area contributed by atoms with Crippen LogP contribution in [0.1, 0.15) is 38.6 Å². The van der Waals surface area contributed by atoms with Crippen molar-refractivity contribution in [3.8, 4) is 22.6 Å². The predicted molar refractivity (Wildman–Crippen MR) is 118 cm³/mol. The summed E-state index contributed by atoms with van der Waals surface area (Å²) in [5, 5.41) is 3.00. The Balaban J connectivity index is 1.71. The van der Waals surface area contributed by atoms with Crippen LogP contribution in [0.4, 0.5) is 5.69 Å². The molecule has 1 atom stereocenters. The summed E-state index contributed by atoms with van der Waals surface area (Å²) in [5.74, 6) is 1.51. The Morgan fingerprint density at radius 1 is 1.06 bits per heavy atom. The van der Waals surface area contributed by atoms with E-state index in [0.29, 0.717) is 12.4 Å². The minimum absolute atomic E-state index is 0.0342. The average molecular weight is 413 g/mol. The molecule has 8 heteroatoms. The van der Waals surface area contributed by atoms with Gasteiger partial charge in [-0.05, 0) is 44.9 Å². The van der Waals surface area contributed by atoms with Crippen molar-refractivity contribution < 1.29 is 4.79 Å². The molecule has 0 fully saturated rings. The minimum atomic E-state index is -0.551. The van der Waals surface area contributed by atoms with E-state index in [1.807, 2.05) is 37.5 Å². The summed E-state index contributed by atoms with van der Waals surface area (Å²) in [6, 6.07) is 5.98. The highest BCUT2D eigenvalue weighted by atomic mass is 16.2. The van der Waals surface area contributed by atoms with Crippen molar-refractivity contribution in [2.45, 2.75) is 46.1 Å². The van der Waals surface area contributed by atoms with Gasteiger partial charge in [0, 0.05) is 30.2 Å².